The second-order valence-corrected chi connectivity index (χ2v) is 5.71. The highest BCUT2D eigenvalue weighted by atomic mass is 16.3. The van der Waals surface area contributed by atoms with E-state index in [9.17, 15) is 4.79 Å². The average molecular weight is 272 g/mol. The van der Waals surface area contributed by atoms with Crippen molar-refractivity contribution >= 4 is 17.0 Å². The third-order valence-electron chi connectivity index (χ3n) is 4.25. The molecule has 2 aliphatic heterocycles. The number of oxazole rings is 1. The van der Waals surface area contributed by atoms with E-state index in [1.54, 1.807) is 12.3 Å². The van der Waals surface area contributed by atoms with Crippen molar-refractivity contribution in [2.75, 3.05) is 19.6 Å². The molecule has 4 rings (SSSR count). The molecule has 2 fully saturated rings. The standard InChI is InChI=1S/C14H16N4O2/c19-14(12-4-11-13(5-15-12)20-8-16-11)17-10-3-9-1-2-18(6-9)7-10/h4-5,8-10H,1-3,6-7H2,(H,17,19)/t9-,10-/m1/s1. The number of nitrogens with one attached hydrogen (secondary N) is 1. The Kier molecular flexibility index (Phi) is 2.70. The van der Waals surface area contributed by atoms with Gasteiger partial charge in [-0.05, 0) is 31.4 Å². The molecule has 2 aromatic rings. The van der Waals surface area contributed by atoms with Crippen molar-refractivity contribution in [3.05, 3.63) is 24.4 Å². The van der Waals surface area contributed by atoms with Gasteiger partial charge in [-0.25, -0.2) is 9.97 Å². The zero-order valence-corrected chi connectivity index (χ0v) is 11.1. The smallest absolute Gasteiger partial charge is 0.270 e. The van der Waals surface area contributed by atoms with E-state index in [-0.39, 0.29) is 11.9 Å². The highest BCUT2D eigenvalue weighted by Crippen LogP contribution is 2.26. The lowest BCUT2D eigenvalue weighted by Crippen LogP contribution is -2.47. The maximum absolute atomic E-state index is 12.3. The van der Waals surface area contributed by atoms with E-state index >= 15 is 0 Å². The molecule has 0 aromatic carbocycles. The van der Waals surface area contributed by atoms with Crippen LogP contribution in [0.25, 0.3) is 11.1 Å². The zero-order valence-electron chi connectivity index (χ0n) is 11.1. The lowest BCUT2D eigenvalue weighted by Gasteiger charge is -2.30. The van der Waals surface area contributed by atoms with Crippen LogP contribution >= 0.6 is 0 Å². The van der Waals surface area contributed by atoms with Gasteiger partial charge >= 0.3 is 0 Å². The van der Waals surface area contributed by atoms with E-state index in [2.05, 4.69) is 20.2 Å². The van der Waals surface area contributed by atoms with Gasteiger partial charge in [-0.2, -0.15) is 0 Å². The van der Waals surface area contributed by atoms with Gasteiger partial charge in [-0.15, -0.1) is 0 Å². The number of rotatable bonds is 2. The van der Waals surface area contributed by atoms with E-state index in [0.29, 0.717) is 16.8 Å². The molecular formula is C14H16N4O2. The molecule has 2 bridgehead atoms. The summed E-state index contributed by atoms with van der Waals surface area (Å²) in [5, 5.41) is 3.09. The summed E-state index contributed by atoms with van der Waals surface area (Å²) in [6.07, 6.45) is 5.25. The molecule has 2 aromatic heterocycles. The molecule has 1 N–H and O–H groups in total. The predicted octanol–water partition coefficient (Wildman–Crippen LogP) is 1.05. The molecule has 2 saturated heterocycles. The summed E-state index contributed by atoms with van der Waals surface area (Å²) in [7, 11) is 0. The topological polar surface area (TPSA) is 71.3 Å². The first-order chi connectivity index (χ1) is 9.78. The van der Waals surface area contributed by atoms with Crippen LogP contribution in [-0.2, 0) is 0 Å². The number of piperidine rings is 1. The first-order valence-corrected chi connectivity index (χ1v) is 7.00. The van der Waals surface area contributed by atoms with Gasteiger partial charge < -0.3 is 14.6 Å². The number of pyridine rings is 1. The summed E-state index contributed by atoms with van der Waals surface area (Å²) >= 11 is 0. The van der Waals surface area contributed by atoms with Crippen molar-refractivity contribution in [1.82, 2.24) is 20.2 Å². The Morgan fingerprint density at radius 1 is 1.40 bits per heavy atom. The zero-order chi connectivity index (χ0) is 13.5. The van der Waals surface area contributed by atoms with E-state index in [1.807, 2.05) is 0 Å². The lowest BCUT2D eigenvalue weighted by atomic mass is 9.97. The number of carbonyl (C=O) groups is 1. The number of hydrogen-bond donors (Lipinski definition) is 1. The summed E-state index contributed by atoms with van der Waals surface area (Å²) < 4.78 is 5.13. The Morgan fingerprint density at radius 3 is 3.25 bits per heavy atom. The largest absolute Gasteiger partial charge is 0.442 e. The van der Waals surface area contributed by atoms with Gasteiger partial charge in [0.2, 0.25) is 0 Å². The Hall–Kier alpha value is -1.95. The Morgan fingerprint density at radius 2 is 2.35 bits per heavy atom. The van der Waals surface area contributed by atoms with Gasteiger partial charge in [0.05, 0.1) is 6.20 Å². The lowest BCUT2D eigenvalue weighted by molar-refractivity contribution is 0.0904. The highest BCUT2D eigenvalue weighted by Gasteiger charge is 2.33. The summed E-state index contributed by atoms with van der Waals surface area (Å²) in [4.78, 5) is 22.9. The second kappa shape index (κ2) is 4.56. The monoisotopic (exact) mass is 272 g/mol. The van der Waals surface area contributed by atoms with Crippen LogP contribution in [0.15, 0.2) is 23.1 Å². The minimum absolute atomic E-state index is 0.123. The van der Waals surface area contributed by atoms with Gasteiger partial charge in [-0.1, -0.05) is 0 Å². The molecule has 0 radical (unpaired) electrons. The van der Waals surface area contributed by atoms with Gasteiger partial charge in [-0.3, -0.25) is 4.79 Å². The van der Waals surface area contributed by atoms with Crippen molar-refractivity contribution in [2.24, 2.45) is 5.92 Å². The van der Waals surface area contributed by atoms with Crippen molar-refractivity contribution < 1.29 is 9.21 Å². The van der Waals surface area contributed by atoms with Gasteiger partial charge in [0.15, 0.2) is 12.0 Å². The van der Waals surface area contributed by atoms with Crippen molar-refractivity contribution in [1.29, 1.82) is 0 Å². The summed E-state index contributed by atoms with van der Waals surface area (Å²) in [5.74, 6) is 0.613. The third kappa shape index (κ3) is 2.06. The molecule has 3 atom stereocenters. The van der Waals surface area contributed by atoms with Crippen LogP contribution in [0, 0.1) is 5.92 Å². The van der Waals surface area contributed by atoms with Gasteiger partial charge in [0.1, 0.15) is 11.2 Å². The fraction of sp³-hybridized carbons (Fsp3) is 0.500. The molecule has 20 heavy (non-hydrogen) atoms. The fourth-order valence-corrected chi connectivity index (χ4v) is 3.31. The normalized spacial score (nSPS) is 28.7. The van der Waals surface area contributed by atoms with Crippen LogP contribution in [0.3, 0.4) is 0 Å². The molecule has 6 nitrogen and oxygen atoms in total. The van der Waals surface area contributed by atoms with Crippen LogP contribution in [-0.4, -0.2) is 46.5 Å². The molecule has 6 heteroatoms. The molecular weight excluding hydrogens is 256 g/mol. The van der Waals surface area contributed by atoms with Crippen LogP contribution < -0.4 is 5.32 Å². The maximum atomic E-state index is 12.3. The number of nitrogens with zero attached hydrogens (tertiary/aromatic N) is 3. The molecule has 0 saturated carbocycles. The number of carbonyl (C=O) groups excluding carboxylic acids is 1. The number of amides is 1. The highest BCUT2D eigenvalue weighted by molar-refractivity contribution is 5.94. The maximum Gasteiger partial charge on any atom is 0.270 e. The molecule has 0 spiro atoms. The van der Waals surface area contributed by atoms with E-state index < -0.39 is 0 Å². The van der Waals surface area contributed by atoms with Crippen LogP contribution in [0.2, 0.25) is 0 Å². The average Bonchev–Trinajstić information content (AvgIpc) is 3.04. The van der Waals surface area contributed by atoms with Gasteiger partial charge in [0, 0.05) is 19.1 Å². The minimum atomic E-state index is -0.123. The van der Waals surface area contributed by atoms with E-state index in [0.717, 1.165) is 18.9 Å². The van der Waals surface area contributed by atoms with Crippen LogP contribution in [0.4, 0.5) is 0 Å². The van der Waals surface area contributed by atoms with Crippen molar-refractivity contribution in [2.45, 2.75) is 18.9 Å². The third-order valence-corrected chi connectivity index (χ3v) is 4.25. The Bertz CT molecular complexity index is 641. The fourth-order valence-electron chi connectivity index (χ4n) is 3.31. The number of hydrogen-bond acceptors (Lipinski definition) is 5. The summed E-state index contributed by atoms with van der Waals surface area (Å²) in [5.41, 5.74) is 1.67. The van der Waals surface area contributed by atoms with E-state index in [4.69, 9.17) is 4.42 Å². The SMILES string of the molecule is O=C(N[C@@H]1C[C@H]2CCN(C2)C1)c1cc2ncoc2cn1. The second-order valence-electron chi connectivity index (χ2n) is 5.71. The first-order valence-electron chi connectivity index (χ1n) is 7.00. The molecule has 0 aliphatic carbocycles. The quantitative estimate of drug-likeness (QED) is 0.884. The van der Waals surface area contributed by atoms with Crippen LogP contribution in [0.5, 0.6) is 0 Å². The number of fused-ring (bicyclic) bond motifs is 3. The summed E-state index contributed by atoms with van der Waals surface area (Å²) in [6, 6.07) is 1.91. The first kappa shape index (κ1) is 11.8. The van der Waals surface area contributed by atoms with Crippen molar-refractivity contribution in [3.8, 4) is 0 Å². The van der Waals surface area contributed by atoms with E-state index in [1.165, 1.54) is 25.9 Å². The molecule has 1 unspecified atom stereocenters. The van der Waals surface area contributed by atoms with Gasteiger partial charge in [0.25, 0.3) is 5.91 Å². The Balaban J connectivity index is 1.49. The number of aromatic nitrogens is 2. The molecule has 104 valence electrons. The Labute approximate surface area is 116 Å². The molecule has 1 amide bonds. The van der Waals surface area contributed by atoms with Crippen molar-refractivity contribution in [3.63, 3.8) is 0 Å². The summed E-state index contributed by atoms with van der Waals surface area (Å²) in [6.45, 7) is 3.31. The molecule has 4 heterocycles. The predicted molar refractivity (Wildman–Crippen MR) is 72.2 cm³/mol. The minimum Gasteiger partial charge on any atom is -0.442 e. The van der Waals surface area contributed by atoms with Crippen LogP contribution in [0.1, 0.15) is 23.3 Å². The molecule has 2 aliphatic rings.